The van der Waals surface area contributed by atoms with Crippen molar-refractivity contribution in [3.05, 3.63) is 26.6 Å². The van der Waals surface area contributed by atoms with E-state index in [2.05, 4.69) is 44.1 Å². The van der Waals surface area contributed by atoms with Crippen LogP contribution in [-0.4, -0.2) is 22.9 Å². The molecule has 0 saturated carbocycles. The van der Waals surface area contributed by atoms with Crippen molar-refractivity contribution in [3.63, 3.8) is 0 Å². The minimum absolute atomic E-state index is 0.224. The molecule has 0 aromatic heterocycles. The van der Waals surface area contributed by atoms with Crippen LogP contribution >= 0.6 is 31.9 Å². The highest BCUT2D eigenvalue weighted by Crippen LogP contribution is 2.33. The fraction of sp³-hybridized carbons (Fsp3) is 0.500. The van der Waals surface area contributed by atoms with E-state index in [4.69, 9.17) is 5.11 Å². The number of aliphatic hydroxyl groups is 1. The molecule has 3 nitrogen and oxygen atoms in total. The predicted molar refractivity (Wildman–Crippen MR) is 76.1 cm³/mol. The highest BCUT2D eigenvalue weighted by atomic mass is 79.9. The van der Waals surface area contributed by atoms with Gasteiger partial charge in [-0.2, -0.15) is 0 Å². The number of phenols is 1. The number of benzene rings is 1. The maximum absolute atomic E-state index is 9.58. The van der Waals surface area contributed by atoms with Crippen molar-refractivity contribution in [2.75, 3.05) is 6.61 Å². The molecule has 5 heteroatoms. The lowest BCUT2D eigenvalue weighted by atomic mass is 10.1. The normalized spacial score (nSPS) is 12.7. The van der Waals surface area contributed by atoms with Gasteiger partial charge in [-0.25, -0.2) is 0 Å². The second-order valence-corrected chi connectivity index (χ2v) is 5.76. The number of aromatic hydroxyl groups is 1. The molecule has 3 N–H and O–H groups in total. The van der Waals surface area contributed by atoms with E-state index < -0.39 is 0 Å². The standard InChI is InChI=1S/C12H17Br2NO2/c1-8(3-2-4-16)15-7-9-5-10(13)12(17)11(14)6-9/h5-6,8,15-17H,2-4,7H2,1H3. The molecule has 0 saturated heterocycles. The van der Waals surface area contributed by atoms with Gasteiger partial charge in [0.1, 0.15) is 5.75 Å². The quantitative estimate of drug-likeness (QED) is 0.724. The Morgan fingerprint density at radius 1 is 1.29 bits per heavy atom. The van der Waals surface area contributed by atoms with Gasteiger partial charge in [-0.15, -0.1) is 0 Å². The van der Waals surface area contributed by atoms with Crippen LogP contribution in [0.25, 0.3) is 0 Å². The number of phenolic OH excluding ortho intramolecular Hbond substituents is 1. The molecule has 0 aliphatic heterocycles. The molecule has 0 aliphatic rings. The molecule has 17 heavy (non-hydrogen) atoms. The Hall–Kier alpha value is -0.100. The van der Waals surface area contributed by atoms with E-state index in [1.54, 1.807) is 0 Å². The lowest BCUT2D eigenvalue weighted by Gasteiger charge is -2.14. The van der Waals surface area contributed by atoms with Gasteiger partial charge in [-0.05, 0) is 69.3 Å². The summed E-state index contributed by atoms with van der Waals surface area (Å²) in [7, 11) is 0. The number of rotatable bonds is 6. The fourth-order valence-electron chi connectivity index (χ4n) is 1.51. The summed E-state index contributed by atoms with van der Waals surface area (Å²) < 4.78 is 1.37. The van der Waals surface area contributed by atoms with Gasteiger partial charge in [0.25, 0.3) is 0 Å². The smallest absolute Gasteiger partial charge is 0.143 e. The van der Waals surface area contributed by atoms with Gasteiger partial charge in [-0.1, -0.05) is 0 Å². The fourth-order valence-corrected chi connectivity index (χ4v) is 2.79. The van der Waals surface area contributed by atoms with Gasteiger partial charge >= 0.3 is 0 Å². The number of halogens is 2. The monoisotopic (exact) mass is 365 g/mol. The lowest BCUT2D eigenvalue weighted by molar-refractivity contribution is 0.276. The van der Waals surface area contributed by atoms with E-state index in [1.165, 1.54) is 0 Å². The molecule has 1 atom stereocenters. The maximum Gasteiger partial charge on any atom is 0.143 e. The van der Waals surface area contributed by atoms with Crippen molar-refractivity contribution in [2.45, 2.75) is 32.4 Å². The summed E-state index contributed by atoms with van der Waals surface area (Å²) in [5.41, 5.74) is 1.09. The Labute approximate surface area is 118 Å². The Kier molecular flexibility index (Phi) is 6.48. The Morgan fingerprint density at radius 3 is 2.41 bits per heavy atom. The maximum atomic E-state index is 9.58. The van der Waals surface area contributed by atoms with Crippen LogP contribution in [0.15, 0.2) is 21.1 Å². The SMILES string of the molecule is CC(CCCO)NCc1cc(Br)c(O)c(Br)c1. The highest BCUT2D eigenvalue weighted by molar-refractivity contribution is 9.11. The molecule has 1 rings (SSSR count). The number of aliphatic hydroxyl groups excluding tert-OH is 1. The molecule has 0 aliphatic carbocycles. The molecule has 0 heterocycles. The summed E-state index contributed by atoms with van der Waals surface area (Å²) in [6.07, 6.45) is 1.77. The van der Waals surface area contributed by atoms with Crippen LogP contribution in [-0.2, 0) is 6.54 Å². The van der Waals surface area contributed by atoms with Crippen molar-refractivity contribution >= 4 is 31.9 Å². The van der Waals surface area contributed by atoms with Gasteiger partial charge in [0.2, 0.25) is 0 Å². The summed E-state index contributed by atoms with van der Waals surface area (Å²) in [4.78, 5) is 0. The molecule has 1 aromatic rings. The number of hydrogen-bond donors (Lipinski definition) is 3. The van der Waals surface area contributed by atoms with Crippen LogP contribution in [0.1, 0.15) is 25.3 Å². The van der Waals surface area contributed by atoms with Crippen LogP contribution in [0.2, 0.25) is 0 Å². The molecule has 96 valence electrons. The predicted octanol–water partition coefficient (Wildman–Crippen LogP) is 3.17. The first-order valence-electron chi connectivity index (χ1n) is 5.55. The highest BCUT2D eigenvalue weighted by Gasteiger charge is 2.07. The lowest BCUT2D eigenvalue weighted by Crippen LogP contribution is -2.25. The van der Waals surface area contributed by atoms with Crippen molar-refractivity contribution in [1.29, 1.82) is 0 Å². The second-order valence-electron chi connectivity index (χ2n) is 4.06. The summed E-state index contributed by atoms with van der Waals surface area (Å²) in [5, 5.41) is 21.7. The third kappa shape index (κ3) is 4.95. The summed E-state index contributed by atoms with van der Waals surface area (Å²) in [6, 6.07) is 4.16. The summed E-state index contributed by atoms with van der Waals surface area (Å²) in [5.74, 6) is 0.224. The second kappa shape index (κ2) is 7.36. The molecule has 0 radical (unpaired) electrons. The molecule has 0 bridgehead atoms. The Balaban J connectivity index is 2.52. The zero-order valence-corrected chi connectivity index (χ0v) is 12.9. The van der Waals surface area contributed by atoms with E-state index in [9.17, 15) is 5.11 Å². The summed E-state index contributed by atoms with van der Waals surface area (Å²) in [6.45, 7) is 3.08. The number of nitrogens with one attached hydrogen (secondary N) is 1. The van der Waals surface area contributed by atoms with Gasteiger partial charge in [0.05, 0.1) is 8.95 Å². The summed E-state index contributed by atoms with van der Waals surface area (Å²) >= 11 is 6.61. The van der Waals surface area contributed by atoms with E-state index in [0.717, 1.165) is 24.9 Å². The molecular formula is C12H17Br2NO2. The van der Waals surface area contributed by atoms with Gasteiger partial charge in [0, 0.05) is 19.2 Å². The van der Waals surface area contributed by atoms with E-state index in [0.29, 0.717) is 15.0 Å². The molecule has 1 unspecified atom stereocenters. The van der Waals surface area contributed by atoms with Gasteiger partial charge < -0.3 is 15.5 Å². The molecule has 0 amide bonds. The average Bonchev–Trinajstić information content (AvgIpc) is 2.30. The van der Waals surface area contributed by atoms with Crippen LogP contribution in [0.3, 0.4) is 0 Å². The van der Waals surface area contributed by atoms with Crippen molar-refractivity contribution in [3.8, 4) is 5.75 Å². The first-order chi connectivity index (χ1) is 8.04. The Morgan fingerprint density at radius 2 is 1.88 bits per heavy atom. The third-order valence-corrected chi connectivity index (χ3v) is 3.74. The first-order valence-corrected chi connectivity index (χ1v) is 7.14. The van der Waals surface area contributed by atoms with Gasteiger partial charge in [-0.3, -0.25) is 0 Å². The average molecular weight is 367 g/mol. The van der Waals surface area contributed by atoms with E-state index >= 15 is 0 Å². The minimum Gasteiger partial charge on any atom is -0.506 e. The van der Waals surface area contributed by atoms with Crippen molar-refractivity contribution in [2.24, 2.45) is 0 Å². The van der Waals surface area contributed by atoms with Crippen LogP contribution in [0.4, 0.5) is 0 Å². The number of hydrogen-bond acceptors (Lipinski definition) is 3. The van der Waals surface area contributed by atoms with Crippen LogP contribution in [0.5, 0.6) is 5.75 Å². The molecule has 1 aromatic carbocycles. The largest absolute Gasteiger partial charge is 0.506 e. The van der Waals surface area contributed by atoms with E-state index in [1.807, 2.05) is 12.1 Å². The van der Waals surface area contributed by atoms with E-state index in [-0.39, 0.29) is 12.4 Å². The molecule has 0 spiro atoms. The Bertz CT molecular complexity index is 349. The molecular weight excluding hydrogens is 350 g/mol. The molecule has 0 fully saturated rings. The van der Waals surface area contributed by atoms with Crippen molar-refractivity contribution in [1.82, 2.24) is 5.32 Å². The topological polar surface area (TPSA) is 52.5 Å². The van der Waals surface area contributed by atoms with Crippen LogP contribution in [0, 0.1) is 0 Å². The third-order valence-electron chi connectivity index (χ3n) is 2.53. The van der Waals surface area contributed by atoms with Crippen molar-refractivity contribution < 1.29 is 10.2 Å². The van der Waals surface area contributed by atoms with Gasteiger partial charge in [0.15, 0.2) is 0 Å². The van der Waals surface area contributed by atoms with Crippen LogP contribution < -0.4 is 5.32 Å². The zero-order chi connectivity index (χ0) is 12.8. The zero-order valence-electron chi connectivity index (χ0n) is 9.71. The minimum atomic E-state index is 0.224. The first kappa shape index (κ1) is 15.0.